The molecule has 2 saturated carbocycles. The third kappa shape index (κ3) is 4.13. The van der Waals surface area contributed by atoms with Gasteiger partial charge in [0.05, 0.1) is 35.5 Å². The molecule has 0 spiro atoms. The lowest BCUT2D eigenvalue weighted by atomic mass is 9.51. The second-order valence-electron chi connectivity index (χ2n) is 12.9. The Morgan fingerprint density at radius 3 is 2.35 bits per heavy atom. The number of hydrogen-bond donors (Lipinski definition) is 1. The Kier molecular flexibility index (Phi) is 7.00. The van der Waals surface area contributed by atoms with Gasteiger partial charge in [-0.25, -0.2) is 4.90 Å². The molecule has 0 radical (unpaired) electrons. The van der Waals surface area contributed by atoms with Crippen LogP contribution in [0, 0.1) is 29.1 Å². The van der Waals surface area contributed by atoms with Gasteiger partial charge in [-0.15, -0.1) is 0 Å². The quantitative estimate of drug-likeness (QED) is 0.394. The van der Waals surface area contributed by atoms with Crippen LogP contribution in [0.3, 0.4) is 0 Å². The number of fused-ring (bicyclic) bond motifs is 4. The van der Waals surface area contributed by atoms with Crippen LogP contribution in [0.4, 0.5) is 5.69 Å². The van der Waals surface area contributed by atoms with E-state index in [9.17, 15) is 24.3 Å². The standard InChI is InChI=1S/C35H38N2O6/c1-35-27(32(40)37(34(35)42)22-12-6-3-7-13-22)20-26-23(30(35)24-14-8-9-15-28(24)43-19-18-38)16-17-25-29(26)33(41)36(31(25)39)21-10-4-2-5-11-21/h3,6-9,12-16,21,25-27,29-30,38H,2,4-5,10-11,17-20H2,1H3. The number of carbonyl (C=O) groups is 4. The van der Waals surface area contributed by atoms with Gasteiger partial charge >= 0.3 is 0 Å². The highest BCUT2D eigenvalue weighted by molar-refractivity contribution is 6.24. The number of likely N-dealkylation sites (tertiary alicyclic amines) is 1. The summed E-state index contributed by atoms with van der Waals surface area (Å²) in [4.78, 5) is 59.7. The SMILES string of the molecule is CC12C(=O)N(c3ccccc3)C(=O)C1CC1C(=CCC3C(=O)N(C4CCCCC4)C(=O)C31)C2c1ccccc1OCCO. The van der Waals surface area contributed by atoms with E-state index in [2.05, 4.69) is 6.08 Å². The van der Waals surface area contributed by atoms with Crippen molar-refractivity contribution < 1.29 is 29.0 Å². The number of para-hydroxylation sites is 2. The van der Waals surface area contributed by atoms with Crippen LogP contribution < -0.4 is 9.64 Å². The lowest BCUT2D eigenvalue weighted by Gasteiger charge is -2.49. The fourth-order valence-corrected chi connectivity index (χ4v) is 8.91. The summed E-state index contributed by atoms with van der Waals surface area (Å²) in [5.41, 5.74) is 1.11. The van der Waals surface area contributed by atoms with E-state index in [1.165, 1.54) is 4.90 Å². The van der Waals surface area contributed by atoms with Crippen LogP contribution in [-0.4, -0.2) is 52.9 Å². The molecule has 5 aliphatic rings. The van der Waals surface area contributed by atoms with E-state index in [0.29, 0.717) is 24.3 Å². The number of hydrogen-bond acceptors (Lipinski definition) is 6. The van der Waals surface area contributed by atoms with Gasteiger partial charge in [-0.3, -0.25) is 24.1 Å². The Morgan fingerprint density at radius 2 is 1.60 bits per heavy atom. The molecule has 6 atom stereocenters. The minimum atomic E-state index is -1.13. The molecule has 2 saturated heterocycles. The molecular formula is C35H38N2O6. The lowest BCUT2D eigenvalue weighted by Crippen LogP contribution is -2.49. The van der Waals surface area contributed by atoms with E-state index >= 15 is 0 Å². The molecule has 4 fully saturated rings. The molecule has 6 unspecified atom stereocenters. The molecule has 8 heteroatoms. The maximum atomic E-state index is 14.5. The van der Waals surface area contributed by atoms with Gasteiger partial charge in [-0.1, -0.05) is 67.3 Å². The van der Waals surface area contributed by atoms with Crippen molar-refractivity contribution >= 4 is 29.3 Å². The molecule has 0 aromatic heterocycles. The first-order chi connectivity index (χ1) is 20.9. The summed E-state index contributed by atoms with van der Waals surface area (Å²) in [6.45, 7) is 1.80. The number of benzene rings is 2. The number of aliphatic hydroxyl groups excluding tert-OH is 1. The highest BCUT2D eigenvalue weighted by atomic mass is 16.5. The van der Waals surface area contributed by atoms with Gasteiger partial charge < -0.3 is 9.84 Å². The highest BCUT2D eigenvalue weighted by Gasteiger charge is 2.68. The third-order valence-corrected chi connectivity index (χ3v) is 10.8. The maximum Gasteiger partial charge on any atom is 0.241 e. The van der Waals surface area contributed by atoms with E-state index < -0.39 is 29.1 Å². The molecule has 2 aromatic rings. The predicted molar refractivity (Wildman–Crippen MR) is 159 cm³/mol. The third-order valence-electron chi connectivity index (χ3n) is 10.8. The normalized spacial score (nSPS) is 32.4. The smallest absolute Gasteiger partial charge is 0.241 e. The number of aliphatic hydroxyl groups is 1. The van der Waals surface area contributed by atoms with Crippen LogP contribution in [-0.2, 0) is 19.2 Å². The molecule has 2 heterocycles. The predicted octanol–water partition coefficient (Wildman–Crippen LogP) is 4.62. The van der Waals surface area contributed by atoms with Crippen molar-refractivity contribution in [2.24, 2.45) is 29.1 Å². The zero-order chi connectivity index (χ0) is 29.9. The van der Waals surface area contributed by atoms with E-state index in [1.54, 1.807) is 17.0 Å². The molecule has 43 heavy (non-hydrogen) atoms. The van der Waals surface area contributed by atoms with Crippen LogP contribution in [0.25, 0.3) is 0 Å². The van der Waals surface area contributed by atoms with Gasteiger partial charge in [-0.2, -0.15) is 0 Å². The van der Waals surface area contributed by atoms with Crippen molar-refractivity contribution in [2.75, 3.05) is 18.1 Å². The minimum absolute atomic E-state index is 0.0525. The fourth-order valence-electron chi connectivity index (χ4n) is 8.91. The van der Waals surface area contributed by atoms with Gasteiger partial charge in [0.15, 0.2) is 0 Å². The van der Waals surface area contributed by atoms with Crippen LogP contribution in [0.15, 0.2) is 66.2 Å². The van der Waals surface area contributed by atoms with Gasteiger partial charge in [0.2, 0.25) is 23.6 Å². The summed E-state index contributed by atoms with van der Waals surface area (Å²) < 4.78 is 5.99. The van der Waals surface area contributed by atoms with E-state index in [1.807, 2.05) is 49.4 Å². The van der Waals surface area contributed by atoms with Gasteiger partial charge in [-0.05, 0) is 56.7 Å². The first-order valence-electron chi connectivity index (χ1n) is 15.7. The Balaban J connectivity index is 1.36. The summed E-state index contributed by atoms with van der Waals surface area (Å²) in [5.74, 6) is -2.71. The van der Waals surface area contributed by atoms with E-state index in [0.717, 1.165) is 43.2 Å². The van der Waals surface area contributed by atoms with Crippen molar-refractivity contribution in [1.29, 1.82) is 0 Å². The summed E-state index contributed by atoms with van der Waals surface area (Å²) in [5, 5.41) is 9.53. The molecule has 8 nitrogen and oxygen atoms in total. The number of nitrogens with zero attached hydrogens (tertiary/aromatic N) is 2. The second kappa shape index (κ2) is 10.7. The van der Waals surface area contributed by atoms with Crippen LogP contribution in [0.1, 0.15) is 63.4 Å². The Morgan fingerprint density at radius 1 is 0.884 bits per heavy atom. The van der Waals surface area contributed by atoms with Crippen molar-refractivity contribution in [3.05, 3.63) is 71.8 Å². The number of ether oxygens (including phenoxy) is 1. The Labute approximate surface area is 251 Å². The molecule has 2 aliphatic heterocycles. The van der Waals surface area contributed by atoms with Crippen molar-refractivity contribution in [3.63, 3.8) is 0 Å². The molecule has 4 amide bonds. The molecule has 224 valence electrons. The Bertz CT molecular complexity index is 1500. The first kappa shape index (κ1) is 28.0. The number of rotatable bonds is 6. The number of anilines is 1. The minimum Gasteiger partial charge on any atom is -0.491 e. The van der Waals surface area contributed by atoms with Crippen LogP contribution in [0.2, 0.25) is 0 Å². The molecule has 3 aliphatic carbocycles. The molecule has 0 bridgehead atoms. The molecule has 1 N–H and O–H groups in total. The zero-order valence-electron chi connectivity index (χ0n) is 24.5. The fraction of sp³-hybridized carbons (Fsp3) is 0.486. The summed E-state index contributed by atoms with van der Waals surface area (Å²) in [7, 11) is 0. The average Bonchev–Trinajstić information content (AvgIpc) is 3.40. The number of amides is 4. The average molecular weight is 583 g/mol. The van der Waals surface area contributed by atoms with Crippen molar-refractivity contribution in [2.45, 2.75) is 63.8 Å². The number of carbonyl (C=O) groups excluding carboxylic acids is 4. The first-order valence-corrected chi connectivity index (χ1v) is 15.7. The van der Waals surface area contributed by atoms with E-state index in [-0.39, 0.29) is 48.8 Å². The van der Waals surface area contributed by atoms with Crippen LogP contribution >= 0.6 is 0 Å². The van der Waals surface area contributed by atoms with Gasteiger partial charge in [0, 0.05) is 17.5 Å². The molecular weight excluding hydrogens is 544 g/mol. The van der Waals surface area contributed by atoms with E-state index in [4.69, 9.17) is 4.74 Å². The zero-order valence-corrected chi connectivity index (χ0v) is 24.5. The highest BCUT2D eigenvalue weighted by Crippen LogP contribution is 2.64. The van der Waals surface area contributed by atoms with Crippen molar-refractivity contribution in [3.8, 4) is 5.75 Å². The summed E-state index contributed by atoms with van der Waals surface area (Å²) >= 11 is 0. The number of imide groups is 2. The maximum absolute atomic E-state index is 14.5. The number of allylic oxidation sites excluding steroid dienone is 2. The summed E-state index contributed by atoms with van der Waals surface area (Å²) in [6.07, 6.45) is 7.71. The van der Waals surface area contributed by atoms with Gasteiger partial charge in [0.1, 0.15) is 12.4 Å². The largest absolute Gasteiger partial charge is 0.491 e. The molecule has 2 aromatic carbocycles. The topological polar surface area (TPSA) is 104 Å². The molecule has 7 rings (SSSR count). The van der Waals surface area contributed by atoms with Gasteiger partial charge in [0.25, 0.3) is 0 Å². The summed E-state index contributed by atoms with van der Waals surface area (Å²) in [6, 6.07) is 16.4. The second-order valence-corrected chi connectivity index (χ2v) is 12.9. The van der Waals surface area contributed by atoms with Crippen molar-refractivity contribution in [1.82, 2.24) is 4.90 Å². The monoisotopic (exact) mass is 582 g/mol. The lowest BCUT2D eigenvalue weighted by molar-refractivity contribution is -0.144. The Hall–Kier alpha value is -3.78. The van der Waals surface area contributed by atoms with Crippen LogP contribution in [0.5, 0.6) is 5.75 Å².